The van der Waals surface area contributed by atoms with Crippen molar-refractivity contribution in [1.82, 2.24) is 0 Å². The zero-order valence-corrected chi connectivity index (χ0v) is 18.4. The summed E-state index contributed by atoms with van der Waals surface area (Å²) in [6.07, 6.45) is -9.79. The van der Waals surface area contributed by atoms with Crippen molar-refractivity contribution in [3.8, 4) is 0 Å². The summed E-state index contributed by atoms with van der Waals surface area (Å²) in [6.45, 7) is 1.91. The van der Waals surface area contributed by atoms with Crippen molar-refractivity contribution < 1.29 is 35.9 Å². The summed E-state index contributed by atoms with van der Waals surface area (Å²) in [4.78, 5) is 24.6. The van der Waals surface area contributed by atoms with Gasteiger partial charge in [-0.2, -0.15) is 26.3 Å². The van der Waals surface area contributed by atoms with E-state index in [1.807, 2.05) is 12.3 Å². The lowest BCUT2D eigenvalue weighted by atomic mass is 10.1. The van der Waals surface area contributed by atoms with Crippen molar-refractivity contribution in [2.75, 3.05) is 10.6 Å². The summed E-state index contributed by atoms with van der Waals surface area (Å²) in [5.41, 5.74) is -1.07. The fourth-order valence-electron chi connectivity index (χ4n) is 3.08. The first-order valence-corrected chi connectivity index (χ1v) is 10.8. The maximum atomic E-state index is 13.0. The third-order valence-electron chi connectivity index (χ3n) is 4.69. The quantitative estimate of drug-likeness (QED) is 0.446. The van der Waals surface area contributed by atoms with Gasteiger partial charge in [-0.25, -0.2) is 0 Å². The van der Waals surface area contributed by atoms with Gasteiger partial charge >= 0.3 is 12.4 Å². The van der Waals surface area contributed by atoms with Gasteiger partial charge in [0.1, 0.15) is 0 Å². The largest absolute Gasteiger partial charge is 0.416 e. The standard InChI is InChI=1S/C23H18F6N2O2S/c1-13-6-15(12-34-11-13)21(33)31-18-4-2-14(3-5-18)7-20(32)30-19-9-16(22(24,25)26)8-17(10-19)23(27,28)29/h2-5,8-12H,6-7H2,1H3,(H,30,32)(H,31,33). The average molecular weight is 500 g/mol. The van der Waals surface area contributed by atoms with Crippen molar-refractivity contribution in [1.29, 1.82) is 0 Å². The van der Waals surface area contributed by atoms with Gasteiger partial charge < -0.3 is 10.6 Å². The molecule has 11 heteroatoms. The van der Waals surface area contributed by atoms with E-state index in [2.05, 4.69) is 10.6 Å². The number of thioether (sulfide) groups is 1. The fraction of sp³-hybridized carbons (Fsp3) is 0.217. The van der Waals surface area contributed by atoms with Gasteiger partial charge in [-0.15, -0.1) is 11.8 Å². The van der Waals surface area contributed by atoms with Crippen molar-refractivity contribution in [2.45, 2.75) is 32.1 Å². The van der Waals surface area contributed by atoms with Crippen molar-refractivity contribution >= 4 is 35.0 Å². The molecule has 0 atom stereocenters. The number of amides is 2. The number of anilines is 2. The van der Waals surface area contributed by atoms with Crippen LogP contribution in [0.15, 0.2) is 64.4 Å². The molecule has 1 heterocycles. The second-order valence-electron chi connectivity index (χ2n) is 7.59. The first-order valence-electron chi connectivity index (χ1n) is 9.81. The van der Waals surface area contributed by atoms with E-state index in [-0.39, 0.29) is 18.4 Å². The summed E-state index contributed by atoms with van der Waals surface area (Å²) < 4.78 is 77.8. The Kier molecular flexibility index (Phi) is 7.44. The van der Waals surface area contributed by atoms with Crippen LogP contribution in [0.25, 0.3) is 0 Å². The van der Waals surface area contributed by atoms with Gasteiger partial charge in [0.2, 0.25) is 5.91 Å². The van der Waals surface area contributed by atoms with Crippen molar-refractivity contribution in [2.24, 2.45) is 0 Å². The third kappa shape index (κ3) is 6.89. The van der Waals surface area contributed by atoms with E-state index < -0.39 is 35.1 Å². The summed E-state index contributed by atoms with van der Waals surface area (Å²) in [6, 6.07) is 7.02. The molecule has 2 aromatic carbocycles. The lowest BCUT2D eigenvalue weighted by Crippen LogP contribution is -2.17. The Balaban J connectivity index is 1.65. The minimum Gasteiger partial charge on any atom is -0.326 e. The molecule has 0 radical (unpaired) electrons. The molecule has 0 fully saturated rings. The number of hydrogen-bond acceptors (Lipinski definition) is 3. The number of benzene rings is 2. The third-order valence-corrected chi connectivity index (χ3v) is 5.65. The van der Waals surface area contributed by atoms with Gasteiger partial charge in [-0.3, -0.25) is 9.59 Å². The van der Waals surface area contributed by atoms with Crippen LogP contribution in [0.3, 0.4) is 0 Å². The number of carbonyl (C=O) groups excluding carboxylic acids is 2. The van der Waals surface area contributed by atoms with Crippen LogP contribution in [0.5, 0.6) is 0 Å². The second kappa shape index (κ2) is 9.96. The minimum atomic E-state index is -5.01. The fourth-order valence-corrected chi connectivity index (χ4v) is 3.82. The molecule has 0 saturated heterocycles. The van der Waals surface area contributed by atoms with Gasteiger partial charge in [-0.05, 0) is 60.1 Å². The Morgan fingerprint density at radius 2 is 1.44 bits per heavy atom. The Bertz CT molecular complexity index is 1120. The Labute approximate surface area is 195 Å². The monoisotopic (exact) mass is 500 g/mol. The van der Waals surface area contributed by atoms with Gasteiger partial charge in [0.15, 0.2) is 0 Å². The van der Waals surface area contributed by atoms with Crippen LogP contribution in [0, 0.1) is 0 Å². The number of rotatable bonds is 5. The topological polar surface area (TPSA) is 58.2 Å². The van der Waals surface area contributed by atoms with Crippen LogP contribution < -0.4 is 10.6 Å². The lowest BCUT2D eigenvalue weighted by molar-refractivity contribution is -0.143. The molecule has 2 amide bonds. The van der Waals surface area contributed by atoms with E-state index in [1.165, 1.54) is 23.9 Å². The molecule has 2 N–H and O–H groups in total. The maximum Gasteiger partial charge on any atom is 0.416 e. The first-order chi connectivity index (χ1) is 15.8. The Morgan fingerprint density at radius 1 is 0.853 bits per heavy atom. The number of nitrogens with one attached hydrogen (secondary N) is 2. The molecule has 0 unspecified atom stereocenters. The van der Waals surface area contributed by atoms with Gasteiger partial charge in [0, 0.05) is 16.9 Å². The van der Waals surface area contributed by atoms with Crippen molar-refractivity contribution in [3.05, 3.63) is 81.1 Å². The Hall–Kier alpha value is -3.21. The normalized spacial score (nSPS) is 14.2. The molecular formula is C23H18F6N2O2S. The molecule has 1 aliphatic heterocycles. The highest BCUT2D eigenvalue weighted by Gasteiger charge is 2.37. The molecule has 4 nitrogen and oxygen atoms in total. The number of alkyl halides is 6. The molecule has 180 valence electrons. The highest BCUT2D eigenvalue weighted by molar-refractivity contribution is 8.05. The molecule has 2 aromatic rings. The molecule has 0 saturated carbocycles. The van der Waals surface area contributed by atoms with Crippen molar-refractivity contribution in [3.63, 3.8) is 0 Å². The molecule has 0 spiro atoms. The predicted molar refractivity (Wildman–Crippen MR) is 118 cm³/mol. The predicted octanol–water partition coefficient (Wildman–Crippen LogP) is 6.77. The van der Waals surface area contributed by atoms with Crippen LogP contribution >= 0.6 is 11.8 Å². The summed E-state index contributed by atoms with van der Waals surface area (Å²) >= 11 is 1.41. The molecule has 34 heavy (non-hydrogen) atoms. The van der Waals surface area contributed by atoms with E-state index in [0.29, 0.717) is 35.4 Å². The summed E-state index contributed by atoms with van der Waals surface area (Å²) in [5, 5.41) is 8.51. The average Bonchev–Trinajstić information content (AvgIpc) is 2.73. The van der Waals surface area contributed by atoms with Gasteiger partial charge in [0.25, 0.3) is 5.91 Å². The summed E-state index contributed by atoms with van der Waals surface area (Å²) in [5.74, 6) is -1.06. The molecular weight excluding hydrogens is 482 g/mol. The highest BCUT2D eigenvalue weighted by atomic mass is 32.2. The smallest absolute Gasteiger partial charge is 0.326 e. The number of allylic oxidation sites excluding steroid dienone is 1. The Morgan fingerprint density at radius 3 is 1.97 bits per heavy atom. The number of halogens is 6. The van der Waals surface area contributed by atoms with Crippen LogP contribution in [0.4, 0.5) is 37.7 Å². The number of carbonyl (C=O) groups is 2. The van der Waals surface area contributed by atoms with E-state index in [0.717, 1.165) is 5.57 Å². The zero-order valence-electron chi connectivity index (χ0n) is 17.6. The van der Waals surface area contributed by atoms with E-state index >= 15 is 0 Å². The first kappa shape index (κ1) is 25.4. The van der Waals surface area contributed by atoms with Gasteiger partial charge in [-0.1, -0.05) is 17.7 Å². The molecule has 1 aliphatic rings. The van der Waals surface area contributed by atoms with Crippen LogP contribution in [0.2, 0.25) is 0 Å². The zero-order chi connectivity index (χ0) is 25.1. The van der Waals surface area contributed by atoms with E-state index in [4.69, 9.17) is 0 Å². The van der Waals surface area contributed by atoms with E-state index in [1.54, 1.807) is 17.5 Å². The maximum absolute atomic E-state index is 13.0. The number of hydrogen-bond donors (Lipinski definition) is 2. The highest BCUT2D eigenvalue weighted by Crippen LogP contribution is 2.37. The second-order valence-corrected chi connectivity index (χ2v) is 8.33. The minimum absolute atomic E-state index is 0.0116. The van der Waals surface area contributed by atoms with Crippen LogP contribution in [0.1, 0.15) is 30.0 Å². The summed E-state index contributed by atoms with van der Waals surface area (Å²) in [7, 11) is 0. The van der Waals surface area contributed by atoms with E-state index in [9.17, 15) is 35.9 Å². The lowest BCUT2D eigenvalue weighted by Gasteiger charge is -2.15. The van der Waals surface area contributed by atoms with Crippen LogP contribution in [-0.2, 0) is 28.4 Å². The van der Waals surface area contributed by atoms with Gasteiger partial charge in [0.05, 0.1) is 17.5 Å². The SMILES string of the molecule is CC1=CSC=C(C(=O)Nc2ccc(CC(=O)Nc3cc(C(F)(F)F)cc(C(F)(F)F)c3)cc2)C1. The molecule has 0 aliphatic carbocycles. The molecule has 0 bridgehead atoms. The van der Waals surface area contributed by atoms with Crippen LogP contribution in [-0.4, -0.2) is 11.8 Å². The molecule has 0 aromatic heterocycles. The molecule has 3 rings (SSSR count).